The van der Waals surface area contributed by atoms with Crippen LogP contribution in [0, 0.1) is 13.8 Å². The van der Waals surface area contributed by atoms with Gasteiger partial charge < -0.3 is 15.2 Å². The number of nitrogens with one attached hydrogen (secondary N) is 1. The van der Waals surface area contributed by atoms with Crippen LogP contribution in [0.25, 0.3) is 0 Å². The highest BCUT2D eigenvalue weighted by Crippen LogP contribution is 2.28. The minimum absolute atomic E-state index is 0.341. The van der Waals surface area contributed by atoms with Crippen LogP contribution in [0.2, 0.25) is 0 Å². The Bertz CT molecular complexity index is 452. The lowest BCUT2D eigenvalue weighted by Gasteiger charge is -2.21. The molecule has 1 aromatic carbocycles. The number of aliphatic hydroxyl groups is 1. The fourth-order valence-corrected chi connectivity index (χ4v) is 3.90. The maximum atomic E-state index is 10.1. The van der Waals surface area contributed by atoms with Crippen molar-refractivity contribution in [2.24, 2.45) is 0 Å². The molecule has 1 aromatic rings. The molecule has 0 amide bonds. The van der Waals surface area contributed by atoms with Crippen LogP contribution in [0.3, 0.4) is 0 Å². The quantitative estimate of drug-likeness (QED) is 0.812. The van der Waals surface area contributed by atoms with Gasteiger partial charge in [-0.15, -0.1) is 0 Å². The normalized spacial score (nSPS) is 23.2. The van der Waals surface area contributed by atoms with Gasteiger partial charge in [0.1, 0.15) is 18.5 Å². The second kappa shape index (κ2) is 8.06. The smallest absolute Gasteiger partial charge is 0.122 e. The van der Waals surface area contributed by atoms with Crippen LogP contribution >= 0.6 is 11.8 Å². The van der Waals surface area contributed by atoms with Crippen LogP contribution in [0.1, 0.15) is 30.4 Å². The van der Waals surface area contributed by atoms with E-state index in [4.69, 9.17) is 4.74 Å². The van der Waals surface area contributed by atoms with E-state index in [1.54, 1.807) is 0 Å². The summed E-state index contributed by atoms with van der Waals surface area (Å²) in [7, 11) is 0. The zero-order valence-electron chi connectivity index (χ0n) is 13.3. The Kier molecular flexibility index (Phi) is 6.40. The molecule has 0 aliphatic heterocycles. The van der Waals surface area contributed by atoms with E-state index < -0.39 is 6.10 Å². The summed E-state index contributed by atoms with van der Waals surface area (Å²) in [5, 5.41) is 14.3. The van der Waals surface area contributed by atoms with Crippen LogP contribution in [0.5, 0.6) is 5.75 Å². The monoisotopic (exact) mass is 309 g/mol. The topological polar surface area (TPSA) is 41.5 Å². The van der Waals surface area contributed by atoms with E-state index >= 15 is 0 Å². The van der Waals surface area contributed by atoms with Crippen molar-refractivity contribution in [2.75, 3.05) is 19.4 Å². The summed E-state index contributed by atoms with van der Waals surface area (Å²) in [6.45, 7) is 5.05. The van der Waals surface area contributed by atoms with Gasteiger partial charge in [0.05, 0.1) is 0 Å². The van der Waals surface area contributed by atoms with E-state index in [1.807, 2.05) is 30.8 Å². The summed E-state index contributed by atoms with van der Waals surface area (Å²) < 4.78 is 5.73. The van der Waals surface area contributed by atoms with Crippen molar-refractivity contribution in [3.8, 4) is 5.75 Å². The molecule has 0 radical (unpaired) electrons. The largest absolute Gasteiger partial charge is 0.491 e. The lowest BCUT2D eigenvalue weighted by Crippen LogP contribution is -2.40. The van der Waals surface area contributed by atoms with Gasteiger partial charge in [-0.3, -0.25) is 0 Å². The lowest BCUT2D eigenvalue weighted by atomic mass is 10.1. The molecule has 4 heteroatoms. The highest BCUT2D eigenvalue weighted by molar-refractivity contribution is 7.99. The number of ether oxygens (including phenoxy) is 1. The molecule has 21 heavy (non-hydrogen) atoms. The summed E-state index contributed by atoms with van der Waals surface area (Å²) in [4.78, 5) is 0. The van der Waals surface area contributed by atoms with Crippen LogP contribution in [-0.4, -0.2) is 41.9 Å². The standard InChI is InChI=1S/C17H27NO2S/c1-12-7-8-16(13(2)9-12)20-11-14(19)10-18-15-5-4-6-17(15)21-3/h7-9,14-15,17-19H,4-6,10-11H2,1-3H3. The molecule has 0 bridgehead atoms. The fraction of sp³-hybridized carbons (Fsp3) is 0.647. The van der Waals surface area contributed by atoms with Gasteiger partial charge in [-0.1, -0.05) is 24.1 Å². The van der Waals surface area contributed by atoms with Crippen molar-refractivity contribution in [1.29, 1.82) is 0 Å². The molecule has 0 saturated heterocycles. The highest BCUT2D eigenvalue weighted by atomic mass is 32.2. The van der Waals surface area contributed by atoms with Gasteiger partial charge in [0.2, 0.25) is 0 Å². The van der Waals surface area contributed by atoms with Crippen LogP contribution in [-0.2, 0) is 0 Å². The molecule has 3 atom stereocenters. The van der Waals surface area contributed by atoms with Crippen molar-refractivity contribution >= 4 is 11.8 Å². The first-order chi connectivity index (χ1) is 10.1. The Labute approximate surface area is 132 Å². The zero-order chi connectivity index (χ0) is 15.2. The van der Waals surface area contributed by atoms with Crippen LogP contribution in [0.15, 0.2) is 18.2 Å². The summed E-state index contributed by atoms with van der Waals surface area (Å²) >= 11 is 1.93. The summed E-state index contributed by atoms with van der Waals surface area (Å²) in [5.41, 5.74) is 2.35. The first-order valence-corrected chi connectivity index (χ1v) is 9.03. The molecule has 2 rings (SSSR count). The Morgan fingerprint density at radius 3 is 2.90 bits per heavy atom. The Morgan fingerprint density at radius 1 is 1.38 bits per heavy atom. The van der Waals surface area contributed by atoms with Crippen molar-refractivity contribution in [3.63, 3.8) is 0 Å². The van der Waals surface area contributed by atoms with E-state index in [-0.39, 0.29) is 0 Å². The number of rotatable bonds is 7. The first-order valence-electron chi connectivity index (χ1n) is 7.74. The molecule has 118 valence electrons. The average molecular weight is 309 g/mol. The minimum Gasteiger partial charge on any atom is -0.491 e. The van der Waals surface area contributed by atoms with Gasteiger partial charge in [0, 0.05) is 17.8 Å². The molecule has 1 aliphatic carbocycles. The second-order valence-electron chi connectivity index (χ2n) is 5.95. The van der Waals surface area contributed by atoms with Crippen LogP contribution < -0.4 is 10.1 Å². The Hall–Kier alpha value is -0.710. The molecular weight excluding hydrogens is 282 g/mol. The molecule has 0 spiro atoms. The van der Waals surface area contributed by atoms with Crippen molar-refractivity contribution in [2.45, 2.75) is 50.5 Å². The summed E-state index contributed by atoms with van der Waals surface area (Å²) in [5.74, 6) is 0.863. The molecule has 3 nitrogen and oxygen atoms in total. The van der Waals surface area contributed by atoms with E-state index in [0.29, 0.717) is 24.4 Å². The zero-order valence-corrected chi connectivity index (χ0v) is 14.1. The van der Waals surface area contributed by atoms with Crippen molar-refractivity contribution in [1.82, 2.24) is 5.32 Å². The maximum Gasteiger partial charge on any atom is 0.122 e. The van der Waals surface area contributed by atoms with Crippen molar-refractivity contribution < 1.29 is 9.84 Å². The fourth-order valence-electron chi connectivity index (χ4n) is 2.94. The summed E-state index contributed by atoms with van der Waals surface area (Å²) in [6.07, 6.45) is 5.50. The van der Waals surface area contributed by atoms with Gasteiger partial charge in [-0.05, 0) is 44.6 Å². The predicted molar refractivity (Wildman–Crippen MR) is 90.4 cm³/mol. The number of aryl methyl sites for hydroxylation is 2. The van der Waals surface area contributed by atoms with Gasteiger partial charge in [0.25, 0.3) is 0 Å². The van der Waals surface area contributed by atoms with Crippen LogP contribution in [0.4, 0.5) is 0 Å². The number of thioether (sulfide) groups is 1. The predicted octanol–water partition coefficient (Wildman–Crippen LogP) is 2.92. The molecule has 1 fully saturated rings. The highest BCUT2D eigenvalue weighted by Gasteiger charge is 2.26. The number of aliphatic hydroxyl groups excluding tert-OH is 1. The third-order valence-electron chi connectivity index (χ3n) is 4.13. The Balaban J connectivity index is 1.73. The lowest BCUT2D eigenvalue weighted by molar-refractivity contribution is 0.103. The average Bonchev–Trinajstić information content (AvgIpc) is 2.91. The van der Waals surface area contributed by atoms with Gasteiger partial charge in [0.15, 0.2) is 0 Å². The molecule has 3 unspecified atom stereocenters. The molecular formula is C17H27NO2S. The third-order valence-corrected chi connectivity index (χ3v) is 5.30. The molecule has 0 heterocycles. The van der Waals surface area contributed by atoms with E-state index in [9.17, 15) is 5.11 Å². The van der Waals surface area contributed by atoms with Gasteiger partial charge in [-0.25, -0.2) is 0 Å². The van der Waals surface area contributed by atoms with E-state index in [0.717, 1.165) is 11.3 Å². The molecule has 0 aromatic heterocycles. The maximum absolute atomic E-state index is 10.1. The third kappa shape index (κ3) is 4.90. The van der Waals surface area contributed by atoms with Gasteiger partial charge >= 0.3 is 0 Å². The molecule has 1 aliphatic rings. The number of benzene rings is 1. The Morgan fingerprint density at radius 2 is 2.19 bits per heavy atom. The minimum atomic E-state index is -0.464. The molecule has 2 N–H and O–H groups in total. The SMILES string of the molecule is CSC1CCCC1NCC(O)COc1ccc(C)cc1C. The first kappa shape index (κ1) is 16.7. The van der Waals surface area contributed by atoms with Gasteiger partial charge in [-0.2, -0.15) is 11.8 Å². The second-order valence-corrected chi connectivity index (χ2v) is 7.03. The number of hydrogen-bond acceptors (Lipinski definition) is 4. The van der Waals surface area contributed by atoms with E-state index in [2.05, 4.69) is 24.6 Å². The van der Waals surface area contributed by atoms with Crippen molar-refractivity contribution in [3.05, 3.63) is 29.3 Å². The summed E-state index contributed by atoms with van der Waals surface area (Å²) in [6, 6.07) is 6.65. The number of hydrogen-bond donors (Lipinski definition) is 2. The van der Waals surface area contributed by atoms with E-state index in [1.165, 1.54) is 24.8 Å². The molecule has 1 saturated carbocycles.